The van der Waals surface area contributed by atoms with Gasteiger partial charge in [0.2, 0.25) is 0 Å². The molecule has 0 aliphatic heterocycles. The number of nitrogens with zero attached hydrogens (tertiary/aromatic N) is 2. The van der Waals surface area contributed by atoms with Gasteiger partial charge >= 0.3 is 6.18 Å². The number of nitrogens with one attached hydrogen (secondary N) is 1. The van der Waals surface area contributed by atoms with Gasteiger partial charge in [-0.1, -0.05) is 29.8 Å². The molecule has 0 amide bonds. The lowest BCUT2D eigenvalue weighted by molar-refractivity contribution is -0.137. The summed E-state index contributed by atoms with van der Waals surface area (Å²) in [5.41, 5.74) is -0.158. The number of hydrogen-bond donors (Lipinski definition) is 1. The maximum Gasteiger partial charge on any atom is 0.418 e. The normalized spacial score (nSPS) is 11.7. The van der Waals surface area contributed by atoms with Crippen LogP contribution in [0, 0.1) is 10.6 Å². The van der Waals surface area contributed by atoms with E-state index in [-0.39, 0.29) is 16.2 Å². The summed E-state index contributed by atoms with van der Waals surface area (Å²) in [6, 6.07) is 9.26. The van der Waals surface area contributed by atoms with Gasteiger partial charge in [-0.2, -0.15) is 18.3 Å². The lowest BCUT2D eigenvalue weighted by atomic mass is 10.1. The van der Waals surface area contributed by atoms with Crippen molar-refractivity contribution in [2.24, 2.45) is 0 Å². The van der Waals surface area contributed by atoms with Crippen molar-refractivity contribution >= 4 is 35.6 Å². The Morgan fingerprint density at radius 2 is 1.89 bits per heavy atom. The molecule has 0 spiro atoms. The van der Waals surface area contributed by atoms with Crippen LogP contribution in [0.3, 0.4) is 0 Å². The average molecular weight is 434 g/mol. The van der Waals surface area contributed by atoms with Crippen LogP contribution in [0.5, 0.6) is 0 Å². The molecule has 3 rings (SSSR count). The number of halogens is 5. The van der Waals surface area contributed by atoms with Gasteiger partial charge in [-0.15, -0.1) is 11.8 Å². The minimum Gasteiger partial charge on any atom is -0.271 e. The molecule has 3 nitrogen and oxygen atoms in total. The number of aromatic amines is 1. The van der Waals surface area contributed by atoms with Gasteiger partial charge in [-0.3, -0.25) is 9.67 Å². The molecule has 0 bridgehead atoms. The van der Waals surface area contributed by atoms with E-state index in [1.165, 1.54) is 46.7 Å². The van der Waals surface area contributed by atoms with E-state index in [4.69, 9.17) is 23.8 Å². The summed E-state index contributed by atoms with van der Waals surface area (Å²) in [5.74, 6) is 0.644. The minimum atomic E-state index is -4.52. The summed E-state index contributed by atoms with van der Waals surface area (Å²) in [7, 11) is 0. The molecule has 10 heteroatoms. The van der Waals surface area contributed by atoms with Crippen LogP contribution in [0.1, 0.15) is 17.0 Å². The van der Waals surface area contributed by atoms with Crippen LogP contribution in [0.15, 0.2) is 42.5 Å². The zero-order valence-electron chi connectivity index (χ0n) is 13.6. The second kappa shape index (κ2) is 8.04. The van der Waals surface area contributed by atoms with Crippen molar-refractivity contribution in [1.29, 1.82) is 0 Å². The molecule has 3 aromatic rings. The summed E-state index contributed by atoms with van der Waals surface area (Å²) < 4.78 is 54.4. The third-order valence-electron chi connectivity index (χ3n) is 3.70. The van der Waals surface area contributed by atoms with E-state index in [0.717, 1.165) is 11.6 Å². The maximum absolute atomic E-state index is 13.3. The fourth-order valence-corrected chi connectivity index (χ4v) is 3.99. The van der Waals surface area contributed by atoms with Gasteiger partial charge in [0.1, 0.15) is 11.6 Å². The molecule has 0 radical (unpaired) electrons. The van der Waals surface area contributed by atoms with Crippen molar-refractivity contribution < 1.29 is 17.6 Å². The van der Waals surface area contributed by atoms with Crippen molar-refractivity contribution in [2.75, 3.05) is 0 Å². The molecule has 1 heterocycles. The molecule has 0 aliphatic carbocycles. The molecule has 27 heavy (non-hydrogen) atoms. The number of hydrogen-bond acceptors (Lipinski definition) is 3. The highest BCUT2D eigenvalue weighted by Crippen LogP contribution is 2.34. The van der Waals surface area contributed by atoms with Gasteiger partial charge in [0.05, 0.1) is 17.0 Å². The minimum absolute atomic E-state index is 0.0714. The van der Waals surface area contributed by atoms with Crippen LogP contribution < -0.4 is 0 Å². The number of benzene rings is 2. The fourth-order valence-electron chi connectivity index (χ4n) is 2.47. The average Bonchev–Trinajstić information content (AvgIpc) is 2.96. The predicted molar refractivity (Wildman–Crippen MR) is 100 cm³/mol. The summed E-state index contributed by atoms with van der Waals surface area (Å²) in [6.45, 7) is 0. The van der Waals surface area contributed by atoms with E-state index < -0.39 is 17.6 Å². The summed E-state index contributed by atoms with van der Waals surface area (Å²) >= 11 is 12.5. The Morgan fingerprint density at radius 3 is 2.59 bits per heavy atom. The highest BCUT2D eigenvalue weighted by atomic mass is 35.5. The van der Waals surface area contributed by atoms with Gasteiger partial charge in [0.15, 0.2) is 4.77 Å². The van der Waals surface area contributed by atoms with Gasteiger partial charge < -0.3 is 0 Å². The molecule has 142 valence electrons. The number of thioether (sulfide) groups is 1. The van der Waals surface area contributed by atoms with Gasteiger partial charge in [-0.05, 0) is 42.0 Å². The molecule has 0 aliphatic rings. The van der Waals surface area contributed by atoms with Crippen molar-refractivity contribution in [3.05, 3.63) is 75.0 Å². The Labute approximate surface area is 166 Å². The Bertz CT molecular complexity index is 1010. The number of rotatable bonds is 5. The van der Waals surface area contributed by atoms with Crippen LogP contribution in [-0.4, -0.2) is 14.8 Å². The molecule has 0 atom stereocenters. The van der Waals surface area contributed by atoms with Crippen molar-refractivity contribution in [1.82, 2.24) is 14.8 Å². The van der Waals surface area contributed by atoms with Crippen molar-refractivity contribution in [3.8, 4) is 5.69 Å². The molecular weight excluding hydrogens is 422 g/mol. The van der Waals surface area contributed by atoms with E-state index in [1.54, 1.807) is 6.07 Å². The molecule has 2 aromatic carbocycles. The number of H-pyrrole nitrogens is 1. The van der Waals surface area contributed by atoms with Crippen LogP contribution >= 0.6 is 35.6 Å². The fraction of sp³-hybridized carbons (Fsp3) is 0.176. The first-order valence-corrected chi connectivity index (χ1v) is 9.56. The smallest absolute Gasteiger partial charge is 0.271 e. The monoisotopic (exact) mass is 433 g/mol. The Balaban J connectivity index is 1.85. The molecule has 0 fully saturated rings. The van der Waals surface area contributed by atoms with Crippen molar-refractivity contribution in [3.63, 3.8) is 0 Å². The number of aromatic nitrogens is 3. The van der Waals surface area contributed by atoms with Crippen LogP contribution in [0.25, 0.3) is 5.69 Å². The number of para-hydroxylation sites is 1. The van der Waals surface area contributed by atoms with E-state index in [2.05, 4.69) is 10.2 Å². The standard InChI is InChI=1S/C17H12ClF4N3S2/c18-13-7-11(19)6-5-10(13)8-27-9-15-23-24-16(26)25(15)14-4-2-1-3-12(14)17(20,21)22/h1-7H,8-9H2,(H,24,26). The van der Waals surface area contributed by atoms with E-state index >= 15 is 0 Å². The molecular formula is C17H12ClF4N3S2. The van der Waals surface area contributed by atoms with E-state index in [0.29, 0.717) is 16.6 Å². The number of alkyl halides is 3. The molecule has 0 saturated heterocycles. The Morgan fingerprint density at radius 1 is 1.15 bits per heavy atom. The van der Waals surface area contributed by atoms with Crippen LogP contribution in [-0.2, 0) is 17.7 Å². The summed E-state index contributed by atoms with van der Waals surface area (Å²) in [5, 5.41) is 6.88. The van der Waals surface area contributed by atoms with Gasteiger partial charge in [0.25, 0.3) is 0 Å². The largest absolute Gasteiger partial charge is 0.418 e. The molecule has 0 unspecified atom stereocenters. The van der Waals surface area contributed by atoms with Gasteiger partial charge in [0, 0.05) is 10.8 Å². The summed E-state index contributed by atoms with van der Waals surface area (Å²) in [6.07, 6.45) is -4.52. The van der Waals surface area contributed by atoms with E-state index in [1.807, 2.05) is 0 Å². The highest BCUT2D eigenvalue weighted by Gasteiger charge is 2.34. The van der Waals surface area contributed by atoms with Crippen LogP contribution in [0.2, 0.25) is 5.02 Å². The third kappa shape index (κ3) is 4.53. The Kier molecular flexibility index (Phi) is 5.92. The molecule has 0 saturated carbocycles. The lowest BCUT2D eigenvalue weighted by Crippen LogP contribution is -2.12. The zero-order chi connectivity index (χ0) is 19.6. The molecule has 1 N–H and O–H groups in total. The first-order chi connectivity index (χ1) is 12.8. The van der Waals surface area contributed by atoms with Gasteiger partial charge in [-0.25, -0.2) is 4.39 Å². The topological polar surface area (TPSA) is 33.6 Å². The third-order valence-corrected chi connectivity index (χ3v) is 5.30. The Hall–Kier alpha value is -1.84. The van der Waals surface area contributed by atoms with Crippen LogP contribution in [0.4, 0.5) is 17.6 Å². The molecule has 1 aromatic heterocycles. The second-order valence-electron chi connectivity index (χ2n) is 5.52. The zero-order valence-corrected chi connectivity index (χ0v) is 15.9. The predicted octanol–water partition coefficient (Wildman–Crippen LogP) is 6.17. The van der Waals surface area contributed by atoms with E-state index in [9.17, 15) is 17.6 Å². The first-order valence-electron chi connectivity index (χ1n) is 7.62. The highest BCUT2D eigenvalue weighted by molar-refractivity contribution is 7.97. The summed E-state index contributed by atoms with van der Waals surface area (Å²) in [4.78, 5) is 0. The quantitative estimate of drug-likeness (QED) is 0.385. The van der Waals surface area contributed by atoms with Crippen molar-refractivity contribution in [2.45, 2.75) is 17.7 Å². The first kappa shape index (κ1) is 19.9. The lowest BCUT2D eigenvalue weighted by Gasteiger charge is -2.14. The SMILES string of the molecule is Fc1ccc(CSCc2n[nH]c(=S)n2-c2ccccc2C(F)(F)F)c(Cl)c1. The second-order valence-corrected chi connectivity index (χ2v) is 7.30. The maximum atomic E-state index is 13.3.